The third kappa shape index (κ3) is 4.70. The summed E-state index contributed by atoms with van der Waals surface area (Å²) < 4.78 is 10.5. The molecular formula is C19H21N3O3S. The molecule has 2 aromatic heterocycles. The smallest absolute Gasteiger partial charge is 0.226 e. The molecule has 0 aliphatic rings. The van der Waals surface area contributed by atoms with Crippen LogP contribution in [0.15, 0.2) is 40.2 Å². The minimum Gasteiger partial charge on any atom is -0.496 e. The fraction of sp³-hybridized carbons (Fsp3) is 0.316. The van der Waals surface area contributed by atoms with E-state index >= 15 is 0 Å². The van der Waals surface area contributed by atoms with E-state index in [1.54, 1.807) is 18.4 Å². The lowest BCUT2D eigenvalue weighted by Crippen LogP contribution is -2.22. The summed E-state index contributed by atoms with van der Waals surface area (Å²) in [7, 11) is 1.64. The monoisotopic (exact) mass is 371 g/mol. The molecular weight excluding hydrogens is 350 g/mol. The van der Waals surface area contributed by atoms with Crippen LogP contribution in [-0.2, 0) is 17.8 Å². The second-order valence-corrected chi connectivity index (χ2v) is 6.87. The number of nitrogens with one attached hydrogen (secondary N) is 1. The van der Waals surface area contributed by atoms with Crippen LogP contribution in [0.4, 0.5) is 0 Å². The number of aromatic nitrogens is 2. The molecule has 0 spiro atoms. The Hall–Kier alpha value is -2.67. The first kappa shape index (κ1) is 18.1. The SMILES string of the molecule is COc1cc(CNC(=O)CCCc2nc(-c3cccs3)no2)ccc1C. The maximum absolute atomic E-state index is 12.0. The van der Waals surface area contributed by atoms with Crippen molar-refractivity contribution in [2.24, 2.45) is 0 Å². The van der Waals surface area contributed by atoms with Crippen LogP contribution in [0, 0.1) is 6.92 Å². The molecule has 26 heavy (non-hydrogen) atoms. The van der Waals surface area contributed by atoms with Crippen molar-refractivity contribution in [3.63, 3.8) is 0 Å². The third-order valence-corrected chi connectivity index (χ3v) is 4.83. The standard InChI is InChI=1S/C19H21N3O3S/c1-13-8-9-14(11-15(13)24-2)12-20-17(23)6-3-7-18-21-19(22-25-18)16-5-4-10-26-16/h4-5,8-11H,3,6-7,12H2,1-2H3,(H,20,23). The Bertz CT molecular complexity index is 859. The molecule has 1 aromatic carbocycles. The van der Waals surface area contributed by atoms with Crippen molar-refractivity contribution in [1.29, 1.82) is 0 Å². The number of rotatable bonds is 8. The number of carbonyl (C=O) groups is 1. The normalized spacial score (nSPS) is 10.7. The molecule has 0 unspecified atom stereocenters. The van der Waals surface area contributed by atoms with Gasteiger partial charge in [0.1, 0.15) is 5.75 Å². The summed E-state index contributed by atoms with van der Waals surface area (Å²) >= 11 is 1.57. The lowest BCUT2D eigenvalue weighted by molar-refractivity contribution is -0.121. The van der Waals surface area contributed by atoms with Gasteiger partial charge in [-0.15, -0.1) is 11.3 Å². The number of nitrogens with zero attached hydrogens (tertiary/aromatic N) is 2. The van der Waals surface area contributed by atoms with Gasteiger partial charge in [0.2, 0.25) is 17.6 Å². The molecule has 3 aromatic rings. The summed E-state index contributed by atoms with van der Waals surface area (Å²) in [5.74, 6) is 1.99. The Morgan fingerprint density at radius 2 is 2.23 bits per heavy atom. The van der Waals surface area contributed by atoms with Gasteiger partial charge in [-0.05, 0) is 42.0 Å². The molecule has 0 saturated carbocycles. The summed E-state index contributed by atoms with van der Waals surface area (Å²) in [6, 6.07) is 9.82. The number of ether oxygens (including phenoxy) is 1. The fourth-order valence-electron chi connectivity index (χ4n) is 2.53. The van der Waals surface area contributed by atoms with E-state index in [9.17, 15) is 4.79 Å². The van der Waals surface area contributed by atoms with Crippen LogP contribution >= 0.6 is 11.3 Å². The van der Waals surface area contributed by atoms with E-state index in [0.29, 0.717) is 37.5 Å². The highest BCUT2D eigenvalue weighted by atomic mass is 32.1. The van der Waals surface area contributed by atoms with E-state index in [1.165, 1.54) is 0 Å². The molecule has 0 saturated heterocycles. The van der Waals surface area contributed by atoms with Crippen molar-refractivity contribution in [3.8, 4) is 16.5 Å². The molecule has 0 aliphatic carbocycles. The molecule has 1 N–H and O–H groups in total. The molecule has 0 atom stereocenters. The van der Waals surface area contributed by atoms with Crippen molar-refractivity contribution >= 4 is 17.2 Å². The van der Waals surface area contributed by atoms with E-state index in [0.717, 1.165) is 21.8 Å². The average Bonchev–Trinajstić information content (AvgIpc) is 3.32. The second-order valence-electron chi connectivity index (χ2n) is 5.92. The van der Waals surface area contributed by atoms with Crippen LogP contribution in [0.25, 0.3) is 10.7 Å². The second kappa shape index (κ2) is 8.62. The summed E-state index contributed by atoms with van der Waals surface area (Å²) in [5, 5.41) is 8.86. The number of methoxy groups -OCH3 is 1. The van der Waals surface area contributed by atoms with E-state index < -0.39 is 0 Å². The third-order valence-electron chi connectivity index (χ3n) is 3.97. The largest absolute Gasteiger partial charge is 0.496 e. The minimum absolute atomic E-state index is 0.00235. The Kier molecular flexibility index (Phi) is 6.01. The van der Waals surface area contributed by atoms with Crippen molar-refractivity contribution < 1.29 is 14.1 Å². The summed E-state index contributed by atoms with van der Waals surface area (Å²) in [5.41, 5.74) is 2.09. The zero-order chi connectivity index (χ0) is 18.4. The fourth-order valence-corrected chi connectivity index (χ4v) is 3.18. The van der Waals surface area contributed by atoms with Crippen molar-refractivity contribution in [3.05, 3.63) is 52.7 Å². The topological polar surface area (TPSA) is 77.2 Å². The van der Waals surface area contributed by atoms with E-state index in [-0.39, 0.29) is 5.91 Å². The zero-order valence-electron chi connectivity index (χ0n) is 14.8. The van der Waals surface area contributed by atoms with Crippen LogP contribution in [0.3, 0.4) is 0 Å². The minimum atomic E-state index is 0.00235. The van der Waals surface area contributed by atoms with E-state index in [2.05, 4.69) is 15.5 Å². The molecule has 0 radical (unpaired) electrons. The van der Waals surface area contributed by atoms with Gasteiger partial charge in [0, 0.05) is 19.4 Å². The van der Waals surface area contributed by atoms with Gasteiger partial charge in [-0.25, -0.2) is 0 Å². The molecule has 3 rings (SSSR count). The van der Waals surface area contributed by atoms with Crippen molar-refractivity contribution in [1.82, 2.24) is 15.5 Å². The Morgan fingerprint density at radius 1 is 1.35 bits per heavy atom. The molecule has 0 fully saturated rings. The maximum Gasteiger partial charge on any atom is 0.226 e. The van der Waals surface area contributed by atoms with Crippen LogP contribution in [-0.4, -0.2) is 23.2 Å². The van der Waals surface area contributed by atoms with Gasteiger partial charge < -0.3 is 14.6 Å². The van der Waals surface area contributed by atoms with Gasteiger partial charge in [-0.1, -0.05) is 23.4 Å². The highest BCUT2D eigenvalue weighted by molar-refractivity contribution is 7.13. The lowest BCUT2D eigenvalue weighted by atomic mass is 10.1. The highest BCUT2D eigenvalue weighted by Gasteiger charge is 2.10. The average molecular weight is 371 g/mol. The number of aryl methyl sites for hydroxylation is 2. The number of amides is 1. The van der Waals surface area contributed by atoms with Crippen LogP contribution in [0.2, 0.25) is 0 Å². The maximum atomic E-state index is 12.0. The first-order valence-corrected chi connectivity index (χ1v) is 9.30. The summed E-state index contributed by atoms with van der Waals surface area (Å²) in [6.45, 7) is 2.47. The Morgan fingerprint density at radius 3 is 3.00 bits per heavy atom. The molecule has 0 aliphatic heterocycles. The Labute approximate surface area is 156 Å². The number of hydrogen-bond donors (Lipinski definition) is 1. The Balaban J connectivity index is 1.42. The number of thiophene rings is 1. The van der Waals surface area contributed by atoms with E-state index in [1.807, 2.05) is 42.6 Å². The van der Waals surface area contributed by atoms with Gasteiger partial charge in [-0.2, -0.15) is 4.98 Å². The lowest BCUT2D eigenvalue weighted by Gasteiger charge is -2.09. The number of benzene rings is 1. The van der Waals surface area contributed by atoms with Crippen molar-refractivity contribution in [2.45, 2.75) is 32.7 Å². The summed E-state index contributed by atoms with van der Waals surface area (Å²) in [4.78, 5) is 17.3. The van der Waals surface area contributed by atoms with Gasteiger partial charge in [0.05, 0.1) is 12.0 Å². The molecule has 1 amide bonds. The van der Waals surface area contributed by atoms with Gasteiger partial charge in [-0.3, -0.25) is 4.79 Å². The number of carbonyl (C=O) groups excluding carboxylic acids is 1. The molecule has 136 valence electrons. The first-order chi connectivity index (χ1) is 12.7. The van der Waals surface area contributed by atoms with Crippen LogP contribution < -0.4 is 10.1 Å². The molecule has 2 heterocycles. The zero-order valence-corrected chi connectivity index (χ0v) is 15.6. The predicted molar refractivity (Wildman–Crippen MR) is 100 cm³/mol. The van der Waals surface area contributed by atoms with E-state index in [4.69, 9.17) is 9.26 Å². The predicted octanol–water partition coefficient (Wildman–Crippen LogP) is 3.75. The van der Waals surface area contributed by atoms with Gasteiger partial charge in [0.25, 0.3) is 0 Å². The van der Waals surface area contributed by atoms with Crippen molar-refractivity contribution in [2.75, 3.05) is 7.11 Å². The first-order valence-electron chi connectivity index (χ1n) is 8.42. The van der Waals surface area contributed by atoms with Crippen LogP contribution in [0.1, 0.15) is 29.9 Å². The molecule has 7 heteroatoms. The molecule has 6 nitrogen and oxygen atoms in total. The number of hydrogen-bond acceptors (Lipinski definition) is 6. The van der Waals surface area contributed by atoms with Crippen LogP contribution in [0.5, 0.6) is 5.75 Å². The molecule has 0 bridgehead atoms. The highest BCUT2D eigenvalue weighted by Crippen LogP contribution is 2.21. The summed E-state index contributed by atoms with van der Waals surface area (Å²) in [6.07, 6.45) is 1.67. The van der Waals surface area contributed by atoms with Gasteiger partial charge >= 0.3 is 0 Å². The quantitative estimate of drug-likeness (QED) is 0.652. The van der Waals surface area contributed by atoms with Gasteiger partial charge in [0.15, 0.2) is 0 Å².